The number of carbonyl (C=O) groups excluding carboxylic acids is 1. The van der Waals surface area contributed by atoms with Crippen LogP contribution in [0.2, 0.25) is 0 Å². The molecule has 0 spiro atoms. The molecule has 1 aromatic carbocycles. The SMILES string of the molecule is CC.CC(=O)c1cc(-c2ccccc2)nc2ncccc12. The average molecular weight is 278 g/mol. The monoisotopic (exact) mass is 278 g/mol. The van der Waals surface area contributed by atoms with Crippen molar-refractivity contribution < 1.29 is 4.79 Å². The van der Waals surface area contributed by atoms with Crippen molar-refractivity contribution in [3.8, 4) is 11.3 Å². The molecule has 3 heteroatoms. The molecular weight excluding hydrogens is 260 g/mol. The highest BCUT2D eigenvalue weighted by Crippen LogP contribution is 2.23. The number of hydrogen-bond acceptors (Lipinski definition) is 3. The lowest BCUT2D eigenvalue weighted by Gasteiger charge is -2.06. The number of fused-ring (bicyclic) bond motifs is 1. The molecule has 21 heavy (non-hydrogen) atoms. The fourth-order valence-corrected chi connectivity index (χ4v) is 2.11. The van der Waals surface area contributed by atoms with Crippen molar-refractivity contribution in [3.63, 3.8) is 0 Å². The van der Waals surface area contributed by atoms with Crippen LogP contribution in [0.5, 0.6) is 0 Å². The summed E-state index contributed by atoms with van der Waals surface area (Å²) in [6, 6.07) is 15.3. The van der Waals surface area contributed by atoms with E-state index in [0.717, 1.165) is 16.6 Å². The Kier molecular flexibility index (Phi) is 4.77. The van der Waals surface area contributed by atoms with Crippen LogP contribution in [0.4, 0.5) is 0 Å². The van der Waals surface area contributed by atoms with Crippen LogP contribution in [0.3, 0.4) is 0 Å². The first kappa shape index (κ1) is 14.9. The van der Waals surface area contributed by atoms with Gasteiger partial charge in [0.2, 0.25) is 0 Å². The molecular formula is C18H18N2O. The molecule has 0 atom stereocenters. The van der Waals surface area contributed by atoms with Crippen LogP contribution >= 0.6 is 0 Å². The number of ketones is 1. The van der Waals surface area contributed by atoms with Crippen molar-refractivity contribution >= 4 is 16.8 Å². The van der Waals surface area contributed by atoms with E-state index in [2.05, 4.69) is 9.97 Å². The maximum absolute atomic E-state index is 11.8. The smallest absolute Gasteiger partial charge is 0.160 e. The Hall–Kier alpha value is -2.55. The van der Waals surface area contributed by atoms with Gasteiger partial charge in [0.25, 0.3) is 0 Å². The van der Waals surface area contributed by atoms with Gasteiger partial charge in [-0.05, 0) is 25.1 Å². The number of hydrogen-bond donors (Lipinski definition) is 0. The van der Waals surface area contributed by atoms with Crippen molar-refractivity contribution in [1.29, 1.82) is 0 Å². The number of carbonyl (C=O) groups is 1. The molecule has 106 valence electrons. The van der Waals surface area contributed by atoms with Gasteiger partial charge in [0, 0.05) is 22.7 Å². The Morgan fingerprint density at radius 2 is 1.71 bits per heavy atom. The van der Waals surface area contributed by atoms with Crippen LogP contribution in [-0.4, -0.2) is 15.8 Å². The Bertz CT molecular complexity index is 752. The zero-order valence-electron chi connectivity index (χ0n) is 12.5. The van der Waals surface area contributed by atoms with Gasteiger partial charge in [0.05, 0.1) is 5.69 Å². The summed E-state index contributed by atoms with van der Waals surface area (Å²) in [6.07, 6.45) is 1.69. The molecule has 0 amide bonds. The van der Waals surface area contributed by atoms with Crippen LogP contribution in [0.15, 0.2) is 54.7 Å². The molecule has 2 aromatic heterocycles. The summed E-state index contributed by atoms with van der Waals surface area (Å²) in [4.78, 5) is 20.6. The standard InChI is InChI=1S/C16H12N2O.C2H6/c1-11(19)14-10-15(12-6-3-2-4-7-12)18-16-13(14)8-5-9-17-16;1-2/h2-10H,1H3;1-2H3. The highest BCUT2D eigenvalue weighted by molar-refractivity contribution is 6.06. The molecule has 3 nitrogen and oxygen atoms in total. The van der Waals surface area contributed by atoms with E-state index in [1.165, 1.54) is 0 Å². The third-order valence-corrected chi connectivity index (χ3v) is 3.03. The lowest BCUT2D eigenvalue weighted by molar-refractivity contribution is 0.101. The van der Waals surface area contributed by atoms with Crippen molar-refractivity contribution in [2.24, 2.45) is 0 Å². The Labute approximate surface area is 124 Å². The molecule has 0 aliphatic heterocycles. The second-order valence-electron chi connectivity index (χ2n) is 4.35. The second kappa shape index (κ2) is 6.75. The molecule has 3 aromatic rings. The Balaban J connectivity index is 0.000000774. The maximum atomic E-state index is 11.8. The molecule has 0 aliphatic carbocycles. The van der Waals surface area contributed by atoms with Gasteiger partial charge >= 0.3 is 0 Å². The van der Waals surface area contributed by atoms with Gasteiger partial charge in [-0.15, -0.1) is 0 Å². The van der Waals surface area contributed by atoms with E-state index in [1.807, 2.05) is 62.4 Å². The first-order valence-electron chi connectivity index (χ1n) is 7.08. The zero-order chi connectivity index (χ0) is 15.2. The Morgan fingerprint density at radius 3 is 2.38 bits per heavy atom. The number of benzene rings is 1. The molecule has 0 saturated carbocycles. The van der Waals surface area contributed by atoms with Crippen LogP contribution in [0.1, 0.15) is 31.1 Å². The highest BCUT2D eigenvalue weighted by Gasteiger charge is 2.10. The zero-order valence-corrected chi connectivity index (χ0v) is 12.5. The lowest BCUT2D eigenvalue weighted by atomic mass is 10.0. The van der Waals surface area contributed by atoms with Gasteiger partial charge in [0.1, 0.15) is 0 Å². The normalized spacial score (nSPS) is 9.86. The predicted octanol–water partition coefficient (Wildman–Crippen LogP) is 4.53. The minimum absolute atomic E-state index is 0.0255. The molecule has 0 unspecified atom stereocenters. The third kappa shape index (κ3) is 3.14. The van der Waals surface area contributed by atoms with Gasteiger partial charge in [-0.2, -0.15) is 0 Å². The van der Waals surface area contributed by atoms with Crippen LogP contribution in [-0.2, 0) is 0 Å². The predicted molar refractivity (Wildman–Crippen MR) is 86.3 cm³/mol. The van der Waals surface area contributed by atoms with E-state index >= 15 is 0 Å². The van der Waals surface area contributed by atoms with Crippen molar-refractivity contribution in [2.45, 2.75) is 20.8 Å². The van der Waals surface area contributed by atoms with Gasteiger partial charge in [-0.1, -0.05) is 44.2 Å². The minimum Gasteiger partial charge on any atom is -0.294 e. The average Bonchev–Trinajstić information content (AvgIpc) is 2.56. The van der Waals surface area contributed by atoms with Gasteiger partial charge in [-0.25, -0.2) is 9.97 Å². The van der Waals surface area contributed by atoms with E-state index in [-0.39, 0.29) is 5.78 Å². The van der Waals surface area contributed by atoms with Gasteiger partial charge in [-0.3, -0.25) is 4.79 Å². The van der Waals surface area contributed by atoms with E-state index in [9.17, 15) is 4.79 Å². The summed E-state index contributed by atoms with van der Waals surface area (Å²) in [7, 11) is 0. The first-order valence-corrected chi connectivity index (χ1v) is 7.08. The molecule has 0 bridgehead atoms. The van der Waals surface area contributed by atoms with Crippen LogP contribution in [0, 0.1) is 0 Å². The molecule has 0 aliphatic rings. The van der Waals surface area contributed by atoms with Gasteiger partial charge in [0.15, 0.2) is 11.4 Å². The number of pyridine rings is 2. The van der Waals surface area contributed by atoms with Crippen molar-refractivity contribution in [1.82, 2.24) is 9.97 Å². The topological polar surface area (TPSA) is 42.9 Å². The van der Waals surface area contributed by atoms with Crippen LogP contribution < -0.4 is 0 Å². The molecule has 0 radical (unpaired) electrons. The fourth-order valence-electron chi connectivity index (χ4n) is 2.11. The minimum atomic E-state index is 0.0255. The van der Waals surface area contributed by atoms with E-state index < -0.39 is 0 Å². The molecule has 0 fully saturated rings. The van der Waals surface area contributed by atoms with Crippen molar-refractivity contribution in [2.75, 3.05) is 0 Å². The molecule has 3 rings (SSSR count). The fraction of sp³-hybridized carbons (Fsp3) is 0.167. The largest absolute Gasteiger partial charge is 0.294 e. The Morgan fingerprint density at radius 1 is 1.00 bits per heavy atom. The van der Waals surface area contributed by atoms with Crippen LogP contribution in [0.25, 0.3) is 22.3 Å². The summed E-state index contributed by atoms with van der Waals surface area (Å²) in [5, 5.41) is 0.801. The number of nitrogens with zero attached hydrogens (tertiary/aromatic N) is 2. The van der Waals surface area contributed by atoms with E-state index in [4.69, 9.17) is 0 Å². The highest BCUT2D eigenvalue weighted by atomic mass is 16.1. The summed E-state index contributed by atoms with van der Waals surface area (Å²) in [5.74, 6) is 0.0255. The number of rotatable bonds is 2. The second-order valence-corrected chi connectivity index (χ2v) is 4.35. The van der Waals surface area contributed by atoms with Gasteiger partial charge < -0.3 is 0 Å². The van der Waals surface area contributed by atoms with E-state index in [1.54, 1.807) is 13.1 Å². The first-order chi connectivity index (χ1) is 10.3. The summed E-state index contributed by atoms with van der Waals surface area (Å²) in [6.45, 7) is 5.57. The molecule has 0 N–H and O–H groups in total. The summed E-state index contributed by atoms with van der Waals surface area (Å²) < 4.78 is 0. The van der Waals surface area contributed by atoms with E-state index in [0.29, 0.717) is 11.2 Å². The summed E-state index contributed by atoms with van der Waals surface area (Å²) >= 11 is 0. The summed E-state index contributed by atoms with van der Waals surface area (Å²) in [5.41, 5.74) is 3.03. The number of aromatic nitrogens is 2. The molecule has 0 saturated heterocycles. The molecule has 2 heterocycles. The quantitative estimate of drug-likeness (QED) is 0.647. The third-order valence-electron chi connectivity index (χ3n) is 3.03. The van der Waals surface area contributed by atoms with Crippen molar-refractivity contribution in [3.05, 3.63) is 60.3 Å². The lowest BCUT2D eigenvalue weighted by Crippen LogP contribution is -1.98. The maximum Gasteiger partial charge on any atom is 0.160 e. The number of Topliss-reactive ketones (excluding diaryl/α,β-unsaturated/α-hetero) is 1.